The molecule has 0 spiro atoms. The van der Waals surface area contributed by atoms with E-state index in [1.807, 2.05) is 55.1 Å². The molecule has 0 bridgehead atoms. The maximum atomic E-state index is 13.7. The molecule has 1 aliphatic heterocycles. The highest BCUT2D eigenvalue weighted by Crippen LogP contribution is 2.44. The van der Waals surface area contributed by atoms with Gasteiger partial charge in [-0.3, -0.25) is 10.1 Å². The zero-order valence-electron chi connectivity index (χ0n) is 20.2. The molecule has 0 amide bonds. The number of ether oxygens (including phenoxy) is 2. The monoisotopic (exact) mass is 482 g/mol. The lowest BCUT2D eigenvalue weighted by Gasteiger charge is -2.47. The van der Waals surface area contributed by atoms with Crippen molar-refractivity contribution in [3.05, 3.63) is 83.6 Å². The lowest BCUT2D eigenvalue weighted by molar-refractivity contribution is -0.142. The van der Waals surface area contributed by atoms with Crippen LogP contribution in [0, 0.1) is 5.82 Å². The second kappa shape index (κ2) is 10.5. The van der Waals surface area contributed by atoms with Crippen molar-refractivity contribution in [2.24, 2.45) is 0 Å². The molecule has 0 saturated heterocycles. The summed E-state index contributed by atoms with van der Waals surface area (Å²) in [7, 11) is 0. The van der Waals surface area contributed by atoms with Gasteiger partial charge in [-0.05, 0) is 63.2 Å². The van der Waals surface area contributed by atoms with Crippen LogP contribution in [0.5, 0.6) is 5.75 Å². The molecule has 2 N–H and O–H groups in total. The van der Waals surface area contributed by atoms with E-state index in [1.165, 1.54) is 12.1 Å². The van der Waals surface area contributed by atoms with Crippen LogP contribution in [0.25, 0.3) is 0 Å². The Morgan fingerprint density at radius 1 is 1.11 bits per heavy atom. The topological polar surface area (TPSA) is 84.2 Å². The van der Waals surface area contributed by atoms with Crippen LogP contribution in [0.2, 0.25) is 0 Å². The maximum absolute atomic E-state index is 13.7. The van der Waals surface area contributed by atoms with Crippen molar-refractivity contribution in [3.63, 3.8) is 0 Å². The third-order valence-corrected chi connectivity index (χ3v) is 6.03. The van der Waals surface area contributed by atoms with E-state index in [-0.39, 0.29) is 18.3 Å². The van der Waals surface area contributed by atoms with Crippen molar-refractivity contribution in [2.45, 2.75) is 51.6 Å². The summed E-state index contributed by atoms with van der Waals surface area (Å²) in [5.74, 6) is 1.36. The number of furan rings is 1. The number of halogens is 1. The van der Waals surface area contributed by atoms with Gasteiger partial charge in [-0.2, -0.15) is 0 Å². The SMILES string of the molecule is CCOC(=O)CNCc1ccc(CN(c2ccc(F)cc2)[C@H]2c3ccccc3OC(C)(C)[C@@H]2O)o1. The molecule has 0 unspecified atom stereocenters. The van der Waals surface area contributed by atoms with E-state index in [4.69, 9.17) is 13.9 Å². The smallest absolute Gasteiger partial charge is 0.319 e. The molecule has 0 saturated carbocycles. The van der Waals surface area contributed by atoms with Gasteiger partial charge in [0.25, 0.3) is 0 Å². The fourth-order valence-electron chi connectivity index (χ4n) is 4.30. The molecular weight excluding hydrogens is 451 g/mol. The zero-order chi connectivity index (χ0) is 25.0. The Kier molecular flexibility index (Phi) is 7.42. The lowest BCUT2D eigenvalue weighted by Crippen LogP contribution is -2.53. The lowest BCUT2D eigenvalue weighted by atomic mass is 9.85. The number of rotatable bonds is 9. The van der Waals surface area contributed by atoms with Gasteiger partial charge in [0.2, 0.25) is 0 Å². The third-order valence-electron chi connectivity index (χ3n) is 6.03. The summed E-state index contributed by atoms with van der Waals surface area (Å²) in [5.41, 5.74) is 0.732. The van der Waals surface area contributed by atoms with Crippen molar-refractivity contribution in [1.29, 1.82) is 0 Å². The van der Waals surface area contributed by atoms with Crippen LogP contribution >= 0.6 is 0 Å². The molecule has 2 atom stereocenters. The van der Waals surface area contributed by atoms with Crippen LogP contribution in [0.15, 0.2) is 65.1 Å². The second-order valence-electron chi connectivity index (χ2n) is 9.01. The molecule has 2 aromatic carbocycles. The Hall–Kier alpha value is -3.36. The summed E-state index contributed by atoms with van der Waals surface area (Å²) < 4.78 is 30.8. The molecule has 2 heterocycles. The molecule has 7 nitrogen and oxygen atoms in total. The molecule has 1 aromatic heterocycles. The van der Waals surface area contributed by atoms with E-state index >= 15 is 0 Å². The average molecular weight is 483 g/mol. The summed E-state index contributed by atoms with van der Waals surface area (Å²) in [6, 6.07) is 17.1. The molecule has 8 heteroatoms. The first-order valence-electron chi connectivity index (χ1n) is 11.7. The number of benzene rings is 2. The van der Waals surface area contributed by atoms with E-state index < -0.39 is 17.7 Å². The predicted octanol–water partition coefficient (Wildman–Crippen LogP) is 4.35. The second-order valence-corrected chi connectivity index (χ2v) is 9.01. The number of hydrogen-bond donors (Lipinski definition) is 2. The summed E-state index contributed by atoms with van der Waals surface area (Å²) in [5, 5.41) is 14.4. The van der Waals surface area contributed by atoms with Gasteiger partial charge in [-0.1, -0.05) is 18.2 Å². The summed E-state index contributed by atoms with van der Waals surface area (Å²) in [6.45, 7) is 6.58. The van der Waals surface area contributed by atoms with Crippen molar-refractivity contribution in [3.8, 4) is 5.75 Å². The molecule has 0 radical (unpaired) electrons. The summed E-state index contributed by atoms with van der Waals surface area (Å²) in [4.78, 5) is 13.5. The van der Waals surface area contributed by atoms with Crippen LogP contribution in [0.3, 0.4) is 0 Å². The number of fused-ring (bicyclic) bond motifs is 1. The number of esters is 1. The first kappa shape index (κ1) is 24.8. The van der Waals surface area contributed by atoms with Crippen molar-refractivity contribution < 1.29 is 28.2 Å². The van der Waals surface area contributed by atoms with Crippen molar-refractivity contribution in [2.75, 3.05) is 18.1 Å². The molecule has 4 rings (SSSR count). The Morgan fingerprint density at radius 3 is 2.57 bits per heavy atom. The third kappa shape index (κ3) is 5.66. The first-order valence-corrected chi connectivity index (χ1v) is 11.7. The van der Waals surface area contributed by atoms with Gasteiger partial charge in [-0.15, -0.1) is 0 Å². The standard InChI is InChI=1S/C27H31FN2O5/c1-4-33-24(31)16-29-15-20-13-14-21(34-20)17-30(19-11-9-18(28)10-12-19)25-22-7-5-6-8-23(22)35-27(2,3)26(25)32/h5-14,25-26,29,32H,4,15-17H2,1-3H3/t25-,26+/m0/s1. The van der Waals surface area contributed by atoms with Gasteiger partial charge in [0.1, 0.15) is 34.8 Å². The first-order chi connectivity index (χ1) is 16.8. The predicted molar refractivity (Wildman–Crippen MR) is 130 cm³/mol. The highest BCUT2D eigenvalue weighted by Gasteiger charge is 2.45. The molecule has 0 fully saturated rings. The highest BCUT2D eigenvalue weighted by molar-refractivity contribution is 5.71. The Morgan fingerprint density at radius 2 is 1.83 bits per heavy atom. The van der Waals surface area contributed by atoms with E-state index in [2.05, 4.69) is 5.32 Å². The van der Waals surface area contributed by atoms with Crippen LogP contribution in [-0.4, -0.2) is 35.9 Å². The normalized spacial score (nSPS) is 18.4. The highest BCUT2D eigenvalue weighted by atomic mass is 19.1. The van der Waals surface area contributed by atoms with Gasteiger partial charge >= 0.3 is 5.97 Å². The quantitative estimate of drug-likeness (QED) is 0.439. The number of aliphatic hydroxyl groups is 1. The Labute approximate surface area is 204 Å². The van der Waals surface area contributed by atoms with Crippen molar-refractivity contribution in [1.82, 2.24) is 5.32 Å². The number of hydrogen-bond acceptors (Lipinski definition) is 7. The molecule has 0 aliphatic carbocycles. The van der Waals surface area contributed by atoms with Crippen LogP contribution in [-0.2, 0) is 22.6 Å². The minimum atomic E-state index is -0.872. The van der Waals surface area contributed by atoms with Crippen LogP contribution in [0.4, 0.5) is 10.1 Å². The fourth-order valence-corrected chi connectivity index (χ4v) is 4.30. The molecular formula is C27H31FN2O5. The number of aliphatic hydroxyl groups excluding tert-OH is 1. The van der Waals surface area contributed by atoms with Gasteiger partial charge in [-0.25, -0.2) is 4.39 Å². The molecule has 3 aromatic rings. The average Bonchev–Trinajstić information content (AvgIpc) is 3.27. The van der Waals surface area contributed by atoms with Gasteiger partial charge in [0, 0.05) is 11.3 Å². The Balaban J connectivity index is 1.61. The number of carbonyl (C=O) groups is 1. The van der Waals surface area contributed by atoms with E-state index in [0.29, 0.717) is 37.0 Å². The number of nitrogens with zero attached hydrogens (tertiary/aromatic N) is 1. The van der Waals surface area contributed by atoms with E-state index in [1.54, 1.807) is 19.1 Å². The zero-order valence-corrected chi connectivity index (χ0v) is 20.2. The van der Waals surface area contributed by atoms with Gasteiger partial charge in [0.15, 0.2) is 0 Å². The molecule has 1 aliphatic rings. The van der Waals surface area contributed by atoms with Crippen LogP contribution < -0.4 is 15.0 Å². The van der Waals surface area contributed by atoms with E-state index in [0.717, 1.165) is 11.3 Å². The molecule has 186 valence electrons. The van der Waals surface area contributed by atoms with Gasteiger partial charge < -0.3 is 23.9 Å². The number of carbonyl (C=O) groups excluding carboxylic acids is 1. The largest absolute Gasteiger partial charge is 0.485 e. The van der Waals surface area contributed by atoms with Gasteiger partial charge in [0.05, 0.1) is 32.3 Å². The number of para-hydroxylation sites is 1. The minimum absolute atomic E-state index is 0.0890. The number of nitrogens with one attached hydrogen (secondary N) is 1. The molecule has 35 heavy (non-hydrogen) atoms. The van der Waals surface area contributed by atoms with E-state index in [9.17, 15) is 14.3 Å². The van der Waals surface area contributed by atoms with Crippen LogP contribution in [0.1, 0.15) is 43.9 Å². The van der Waals surface area contributed by atoms with Crippen molar-refractivity contribution >= 4 is 11.7 Å². The summed E-state index contributed by atoms with van der Waals surface area (Å²) in [6.07, 6.45) is -0.872. The minimum Gasteiger partial charge on any atom is -0.485 e. The Bertz CT molecular complexity index is 1140. The maximum Gasteiger partial charge on any atom is 0.319 e. The fraction of sp³-hybridized carbons (Fsp3) is 0.370. The number of anilines is 1. The summed E-state index contributed by atoms with van der Waals surface area (Å²) >= 11 is 0.